The zero-order chi connectivity index (χ0) is 12.8. The van der Waals surface area contributed by atoms with Crippen molar-refractivity contribution in [2.45, 2.75) is 4.90 Å². The molecule has 0 bridgehead atoms. The first-order valence-electron chi connectivity index (χ1n) is 4.65. The van der Waals surface area contributed by atoms with E-state index in [1.54, 1.807) is 0 Å². The number of nitrogen functional groups attached to an aromatic ring is 3. The second kappa shape index (κ2) is 3.51. The molecule has 6 nitrogen and oxygen atoms in total. The second-order valence-corrected chi connectivity index (χ2v) is 5.07. The molecular weight excluding hydrogens is 242 g/mol. The lowest BCUT2D eigenvalue weighted by Gasteiger charge is -2.09. The molecule has 7 N–H and O–H groups in total. The molecule has 0 amide bonds. The van der Waals surface area contributed by atoms with Crippen molar-refractivity contribution >= 4 is 38.0 Å². The first-order valence-corrected chi connectivity index (χ1v) is 6.09. The fourth-order valence-corrected chi connectivity index (χ4v) is 2.14. The zero-order valence-electron chi connectivity index (χ0n) is 8.71. The number of hydrogen-bond acceptors (Lipinski definition) is 5. The van der Waals surface area contributed by atoms with Gasteiger partial charge in [-0.15, -0.1) is 0 Å². The molecule has 0 atom stereocenters. The smallest absolute Gasteiger partial charge is 0.294 e. The number of nitrogens with two attached hydrogens (primary N) is 3. The van der Waals surface area contributed by atoms with Gasteiger partial charge < -0.3 is 17.2 Å². The number of fused-ring (bicyclic) bond motifs is 1. The number of hydrogen-bond donors (Lipinski definition) is 4. The summed E-state index contributed by atoms with van der Waals surface area (Å²) in [6.45, 7) is 0. The predicted molar refractivity (Wildman–Crippen MR) is 67.0 cm³/mol. The van der Waals surface area contributed by atoms with E-state index in [1.165, 1.54) is 24.3 Å². The Kier molecular flexibility index (Phi) is 2.37. The molecule has 0 fully saturated rings. The Morgan fingerprint density at radius 2 is 1.59 bits per heavy atom. The van der Waals surface area contributed by atoms with Gasteiger partial charge in [-0.1, -0.05) is 6.07 Å². The van der Waals surface area contributed by atoms with Crippen molar-refractivity contribution in [1.82, 2.24) is 0 Å². The fraction of sp³-hybridized carbons (Fsp3) is 0. The van der Waals surface area contributed by atoms with E-state index in [9.17, 15) is 8.42 Å². The third-order valence-corrected chi connectivity index (χ3v) is 3.36. The molecule has 0 radical (unpaired) electrons. The Morgan fingerprint density at radius 1 is 0.941 bits per heavy atom. The van der Waals surface area contributed by atoms with E-state index in [0.717, 1.165) is 0 Å². The summed E-state index contributed by atoms with van der Waals surface area (Å²) in [6, 6.07) is 5.48. The molecule has 0 aromatic heterocycles. The second-order valence-electron chi connectivity index (χ2n) is 3.65. The van der Waals surface area contributed by atoms with Gasteiger partial charge in [0.25, 0.3) is 10.1 Å². The van der Waals surface area contributed by atoms with Crippen LogP contribution in [0.4, 0.5) is 17.1 Å². The van der Waals surface area contributed by atoms with Crippen molar-refractivity contribution < 1.29 is 13.0 Å². The van der Waals surface area contributed by atoms with Gasteiger partial charge in [0.05, 0.1) is 16.3 Å². The summed E-state index contributed by atoms with van der Waals surface area (Å²) in [6.07, 6.45) is 0. The van der Waals surface area contributed by atoms with E-state index < -0.39 is 10.1 Å². The summed E-state index contributed by atoms with van der Waals surface area (Å²) in [5, 5.41) is 0.988. The maximum absolute atomic E-state index is 11.0. The standard InChI is InChI=1S/C10H11N3O3S/c11-8-4-9(12)10(13)7-3-5(17(14,15)16)1-2-6(7)8/h1-4H,11-13H2,(H,14,15,16). The van der Waals surface area contributed by atoms with E-state index in [2.05, 4.69) is 0 Å². The minimum absolute atomic E-state index is 0.236. The van der Waals surface area contributed by atoms with E-state index in [1.807, 2.05) is 0 Å². The minimum Gasteiger partial charge on any atom is -0.398 e. The molecule has 2 rings (SSSR count). The summed E-state index contributed by atoms with van der Waals surface area (Å²) >= 11 is 0. The van der Waals surface area contributed by atoms with Crippen LogP contribution in [0, 0.1) is 0 Å². The van der Waals surface area contributed by atoms with Gasteiger partial charge >= 0.3 is 0 Å². The van der Waals surface area contributed by atoms with Crippen LogP contribution in [0.25, 0.3) is 10.8 Å². The van der Waals surface area contributed by atoms with Crippen LogP contribution in [-0.2, 0) is 10.1 Å². The summed E-state index contributed by atoms with van der Waals surface area (Å²) in [7, 11) is -4.27. The van der Waals surface area contributed by atoms with Crippen LogP contribution >= 0.6 is 0 Å². The van der Waals surface area contributed by atoms with Crippen LogP contribution in [0.2, 0.25) is 0 Å². The van der Waals surface area contributed by atoms with Gasteiger partial charge in [0.1, 0.15) is 0 Å². The van der Waals surface area contributed by atoms with Gasteiger partial charge in [0, 0.05) is 16.5 Å². The number of benzene rings is 2. The average Bonchev–Trinajstić information content (AvgIpc) is 2.24. The Balaban J connectivity index is 2.91. The molecule has 0 aliphatic rings. The van der Waals surface area contributed by atoms with Crippen LogP contribution in [0.1, 0.15) is 0 Å². The lowest BCUT2D eigenvalue weighted by Crippen LogP contribution is -2.01. The Labute approximate surface area is 97.8 Å². The van der Waals surface area contributed by atoms with E-state index in [-0.39, 0.29) is 16.3 Å². The molecule has 2 aromatic rings. The Morgan fingerprint density at radius 3 is 2.18 bits per heavy atom. The third kappa shape index (κ3) is 1.85. The number of anilines is 3. The summed E-state index contributed by atoms with van der Waals surface area (Å²) in [4.78, 5) is -0.248. The molecule has 0 aliphatic heterocycles. The van der Waals surface area contributed by atoms with Crippen LogP contribution in [0.15, 0.2) is 29.2 Å². The summed E-state index contributed by atoms with van der Waals surface area (Å²) in [5.41, 5.74) is 18.0. The molecule has 0 saturated carbocycles. The lowest BCUT2D eigenvalue weighted by molar-refractivity contribution is 0.483. The highest BCUT2D eigenvalue weighted by Crippen LogP contribution is 2.33. The maximum Gasteiger partial charge on any atom is 0.294 e. The minimum atomic E-state index is -4.27. The molecule has 0 unspecified atom stereocenters. The van der Waals surface area contributed by atoms with Gasteiger partial charge in [-0.25, -0.2) is 0 Å². The Hall–Kier alpha value is -1.99. The first kappa shape index (κ1) is 11.5. The topological polar surface area (TPSA) is 132 Å². The molecule has 17 heavy (non-hydrogen) atoms. The highest BCUT2D eigenvalue weighted by Gasteiger charge is 2.13. The highest BCUT2D eigenvalue weighted by atomic mass is 32.2. The third-order valence-electron chi connectivity index (χ3n) is 2.51. The quantitative estimate of drug-likeness (QED) is 0.439. The van der Waals surface area contributed by atoms with E-state index in [0.29, 0.717) is 16.5 Å². The molecule has 0 saturated heterocycles. The Bertz CT molecular complexity index is 710. The van der Waals surface area contributed by atoms with Crippen LogP contribution in [0.5, 0.6) is 0 Å². The first-order chi connectivity index (χ1) is 7.80. The molecule has 7 heteroatoms. The van der Waals surface area contributed by atoms with Gasteiger partial charge in [0.2, 0.25) is 0 Å². The van der Waals surface area contributed by atoms with Crippen molar-refractivity contribution in [1.29, 1.82) is 0 Å². The van der Waals surface area contributed by atoms with Crippen molar-refractivity contribution in [2.24, 2.45) is 0 Å². The van der Waals surface area contributed by atoms with Crippen molar-refractivity contribution in [3.63, 3.8) is 0 Å². The van der Waals surface area contributed by atoms with E-state index >= 15 is 0 Å². The van der Waals surface area contributed by atoms with Gasteiger partial charge in [-0.2, -0.15) is 8.42 Å². The van der Waals surface area contributed by atoms with Gasteiger partial charge in [-0.3, -0.25) is 4.55 Å². The van der Waals surface area contributed by atoms with Crippen molar-refractivity contribution in [2.75, 3.05) is 17.2 Å². The van der Waals surface area contributed by atoms with E-state index in [4.69, 9.17) is 21.8 Å². The SMILES string of the molecule is Nc1cc(N)c2ccc(S(=O)(=O)O)cc2c1N. The fourth-order valence-electron chi connectivity index (χ4n) is 1.64. The van der Waals surface area contributed by atoms with Crippen LogP contribution in [0.3, 0.4) is 0 Å². The van der Waals surface area contributed by atoms with Crippen molar-refractivity contribution in [3.05, 3.63) is 24.3 Å². The molecular formula is C10H11N3O3S. The molecule has 0 aliphatic carbocycles. The van der Waals surface area contributed by atoms with Gasteiger partial charge in [0.15, 0.2) is 0 Å². The lowest BCUT2D eigenvalue weighted by atomic mass is 10.1. The molecule has 90 valence electrons. The average molecular weight is 253 g/mol. The van der Waals surface area contributed by atoms with Crippen molar-refractivity contribution in [3.8, 4) is 0 Å². The molecule has 0 heterocycles. The van der Waals surface area contributed by atoms with Crippen LogP contribution in [-0.4, -0.2) is 13.0 Å². The number of rotatable bonds is 1. The predicted octanol–water partition coefficient (Wildman–Crippen LogP) is 0.833. The van der Waals surface area contributed by atoms with Crippen LogP contribution < -0.4 is 17.2 Å². The summed E-state index contributed by atoms with van der Waals surface area (Å²) < 4.78 is 31.0. The highest BCUT2D eigenvalue weighted by molar-refractivity contribution is 7.85. The summed E-state index contributed by atoms with van der Waals surface area (Å²) in [5.74, 6) is 0. The van der Waals surface area contributed by atoms with Gasteiger partial charge in [-0.05, 0) is 18.2 Å². The largest absolute Gasteiger partial charge is 0.398 e. The molecule has 2 aromatic carbocycles. The monoisotopic (exact) mass is 253 g/mol. The normalized spacial score (nSPS) is 11.8. The molecule has 0 spiro atoms. The maximum atomic E-state index is 11.0. The zero-order valence-corrected chi connectivity index (χ0v) is 9.53.